The van der Waals surface area contributed by atoms with Crippen LogP contribution in [-0.2, 0) is 14.4 Å². The van der Waals surface area contributed by atoms with Crippen molar-refractivity contribution in [2.45, 2.75) is 77.0 Å². The van der Waals surface area contributed by atoms with Crippen LogP contribution >= 0.6 is 0 Å². The zero-order chi connectivity index (χ0) is 24.1. The Balaban J connectivity index is 1.20. The van der Waals surface area contributed by atoms with Crippen molar-refractivity contribution in [3.63, 3.8) is 0 Å². The number of Topliss-reactive ketones (excluding diaryl/α,β-unsaturated/α-hetero) is 3. The molecule has 0 aromatic heterocycles. The second kappa shape index (κ2) is 9.33. The predicted molar refractivity (Wildman–Crippen MR) is 134 cm³/mol. The smallest absolute Gasteiger partial charge is 0.169 e. The van der Waals surface area contributed by atoms with Crippen LogP contribution in [0.2, 0.25) is 0 Å². The van der Waals surface area contributed by atoms with Crippen molar-refractivity contribution >= 4 is 17.3 Å². The topological polar surface area (TPSA) is 71.4 Å². The first-order valence-electron chi connectivity index (χ1n) is 14.2. The molecule has 0 aliphatic heterocycles. The Morgan fingerprint density at radius 2 is 1.06 bits per heavy atom. The van der Waals surface area contributed by atoms with Gasteiger partial charge >= 0.3 is 0 Å². The number of aliphatic hydroxyl groups excluding tert-OH is 1. The first kappa shape index (κ1) is 23.2. The fourth-order valence-electron chi connectivity index (χ4n) is 9.09. The van der Waals surface area contributed by atoms with E-state index in [9.17, 15) is 19.5 Å². The Morgan fingerprint density at radius 3 is 1.63 bits per heavy atom. The van der Waals surface area contributed by atoms with Crippen LogP contribution in [-0.4, -0.2) is 22.5 Å². The number of carbonyl (C=O) groups excluding carboxylic acids is 3. The summed E-state index contributed by atoms with van der Waals surface area (Å²) in [6, 6.07) is 0. The summed E-state index contributed by atoms with van der Waals surface area (Å²) in [4.78, 5) is 39.7. The first-order chi connectivity index (χ1) is 17.1. The Hall–Kier alpha value is -2.23. The van der Waals surface area contributed by atoms with Gasteiger partial charge in [-0.05, 0) is 61.5 Å². The predicted octanol–water partition coefficient (Wildman–Crippen LogP) is 6.24. The number of hydrogen-bond acceptors (Lipinski definition) is 4. The van der Waals surface area contributed by atoms with Crippen LogP contribution in [0.15, 0.2) is 47.3 Å². The van der Waals surface area contributed by atoms with Crippen molar-refractivity contribution < 1.29 is 19.5 Å². The number of allylic oxidation sites excluding steroid dienone is 8. The molecule has 6 rings (SSSR count). The van der Waals surface area contributed by atoms with Gasteiger partial charge in [0.2, 0.25) is 0 Å². The van der Waals surface area contributed by atoms with Crippen molar-refractivity contribution in [1.82, 2.24) is 0 Å². The van der Waals surface area contributed by atoms with E-state index in [1.807, 2.05) is 0 Å². The maximum atomic E-state index is 13.2. The SMILES string of the molecule is O=C1C(=CC=CC=CC2=C(O)C3CCCC4CCCC(C2=O)C43)C(=O)C2CCCC3CCCC1C32. The van der Waals surface area contributed by atoms with Crippen LogP contribution < -0.4 is 0 Å². The van der Waals surface area contributed by atoms with Crippen molar-refractivity contribution in [2.75, 3.05) is 0 Å². The van der Waals surface area contributed by atoms with E-state index in [-0.39, 0.29) is 46.9 Å². The van der Waals surface area contributed by atoms with E-state index in [4.69, 9.17) is 0 Å². The van der Waals surface area contributed by atoms with Crippen LogP contribution in [0.1, 0.15) is 77.0 Å². The molecule has 0 spiro atoms. The highest BCUT2D eigenvalue weighted by atomic mass is 16.3. The molecule has 0 saturated heterocycles. The van der Waals surface area contributed by atoms with Crippen molar-refractivity contribution in [1.29, 1.82) is 0 Å². The highest BCUT2D eigenvalue weighted by Crippen LogP contribution is 2.53. The van der Waals surface area contributed by atoms with E-state index in [1.165, 1.54) is 25.7 Å². The fraction of sp³-hybridized carbons (Fsp3) is 0.645. The summed E-state index contributed by atoms with van der Waals surface area (Å²) in [5.74, 6) is 2.47. The molecule has 0 radical (unpaired) electrons. The molecule has 4 nitrogen and oxygen atoms in total. The summed E-state index contributed by atoms with van der Waals surface area (Å²) in [5, 5.41) is 11.0. The maximum Gasteiger partial charge on any atom is 0.169 e. The molecule has 6 aliphatic carbocycles. The minimum absolute atomic E-state index is 0.0247. The fourth-order valence-corrected chi connectivity index (χ4v) is 9.09. The number of aliphatic hydroxyl groups is 1. The molecule has 5 fully saturated rings. The van der Waals surface area contributed by atoms with Gasteiger partial charge in [-0.25, -0.2) is 0 Å². The van der Waals surface area contributed by atoms with Gasteiger partial charge in [-0.3, -0.25) is 14.4 Å². The van der Waals surface area contributed by atoms with E-state index < -0.39 is 0 Å². The molecule has 6 unspecified atom stereocenters. The summed E-state index contributed by atoms with van der Waals surface area (Å²) in [7, 11) is 0. The molecule has 4 heteroatoms. The van der Waals surface area contributed by atoms with Gasteiger partial charge in [0, 0.05) is 23.7 Å². The monoisotopic (exact) mass is 474 g/mol. The summed E-state index contributed by atoms with van der Waals surface area (Å²) in [6.45, 7) is 0. The number of rotatable bonds is 3. The minimum Gasteiger partial charge on any atom is -0.511 e. The third-order valence-corrected chi connectivity index (χ3v) is 10.5. The van der Waals surface area contributed by atoms with Crippen LogP contribution in [0.3, 0.4) is 0 Å². The van der Waals surface area contributed by atoms with Crippen LogP contribution in [0.5, 0.6) is 0 Å². The van der Waals surface area contributed by atoms with Gasteiger partial charge in [0.05, 0.1) is 11.1 Å². The van der Waals surface area contributed by atoms with E-state index >= 15 is 0 Å². The summed E-state index contributed by atoms with van der Waals surface area (Å²) in [5.41, 5.74) is 0.844. The molecule has 186 valence electrons. The van der Waals surface area contributed by atoms with Gasteiger partial charge in [-0.1, -0.05) is 69.6 Å². The molecule has 6 atom stereocenters. The average Bonchev–Trinajstić information content (AvgIpc) is 2.88. The average molecular weight is 475 g/mol. The molecular weight excluding hydrogens is 436 g/mol. The summed E-state index contributed by atoms with van der Waals surface area (Å²) < 4.78 is 0. The van der Waals surface area contributed by atoms with Crippen molar-refractivity contribution in [2.24, 2.45) is 47.3 Å². The molecule has 1 N–H and O–H groups in total. The zero-order valence-corrected chi connectivity index (χ0v) is 20.7. The van der Waals surface area contributed by atoms with Gasteiger partial charge < -0.3 is 5.11 Å². The molecule has 5 saturated carbocycles. The number of carbonyl (C=O) groups is 3. The van der Waals surface area contributed by atoms with Gasteiger partial charge in [-0.15, -0.1) is 0 Å². The van der Waals surface area contributed by atoms with Gasteiger partial charge in [0.1, 0.15) is 5.76 Å². The van der Waals surface area contributed by atoms with Crippen molar-refractivity contribution in [3.8, 4) is 0 Å². The molecule has 0 bridgehead atoms. The first-order valence-corrected chi connectivity index (χ1v) is 14.2. The lowest BCUT2D eigenvalue weighted by molar-refractivity contribution is -0.139. The summed E-state index contributed by atoms with van der Waals surface area (Å²) >= 11 is 0. The quantitative estimate of drug-likeness (QED) is 0.299. The zero-order valence-electron chi connectivity index (χ0n) is 20.7. The maximum absolute atomic E-state index is 13.2. The van der Waals surface area contributed by atoms with Crippen LogP contribution in [0, 0.1) is 47.3 Å². The van der Waals surface area contributed by atoms with E-state index in [0.717, 1.165) is 51.4 Å². The minimum atomic E-state index is 0.0247. The Bertz CT molecular complexity index is 1010. The van der Waals surface area contributed by atoms with Gasteiger partial charge in [0.25, 0.3) is 0 Å². The van der Waals surface area contributed by atoms with Gasteiger partial charge in [-0.2, -0.15) is 0 Å². The normalized spacial score (nSPS) is 41.4. The second-order valence-corrected chi connectivity index (χ2v) is 12.0. The number of ketones is 3. The molecule has 0 aromatic rings. The highest BCUT2D eigenvalue weighted by Gasteiger charge is 2.52. The lowest BCUT2D eigenvalue weighted by Gasteiger charge is -2.48. The summed E-state index contributed by atoms with van der Waals surface area (Å²) in [6.07, 6.45) is 21.7. The molecular formula is C31H38O4. The largest absolute Gasteiger partial charge is 0.511 e. The Labute approximate surface area is 208 Å². The third kappa shape index (κ3) is 3.83. The molecule has 35 heavy (non-hydrogen) atoms. The third-order valence-electron chi connectivity index (χ3n) is 10.5. The molecule has 0 heterocycles. The van der Waals surface area contributed by atoms with Gasteiger partial charge in [0.15, 0.2) is 17.3 Å². The van der Waals surface area contributed by atoms with Crippen LogP contribution in [0.4, 0.5) is 0 Å². The van der Waals surface area contributed by atoms with Crippen molar-refractivity contribution in [3.05, 3.63) is 47.3 Å². The van der Waals surface area contributed by atoms with E-state index in [1.54, 1.807) is 30.4 Å². The van der Waals surface area contributed by atoms with E-state index in [0.29, 0.717) is 34.7 Å². The van der Waals surface area contributed by atoms with E-state index in [2.05, 4.69) is 0 Å². The standard InChI is InChI=1S/C31H38O4/c32-28-20-14-4-8-18-9-5-15-21(26(18)20)29(33)24(28)12-2-1-3-13-25-30(34)22-16-6-10-19-11-7-17-23(27(19)22)31(25)35/h1-3,12-13,18-23,26-27,32H,4-11,14-17H2. The molecule has 6 aliphatic rings. The Kier molecular flexibility index (Phi) is 6.18. The second-order valence-electron chi connectivity index (χ2n) is 12.0. The lowest BCUT2D eigenvalue weighted by atomic mass is 9.54. The highest BCUT2D eigenvalue weighted by molar-refractivity contribution is 6.23. The molecule has 0 aromatic carbocycles. The Morgan fingerprint density at radius 1 is 0.571 bits per heavy atom. The molecule has 0 amide bonds. The van der Waals surface area contributed by atoms with Crippen LogP contribution in [0.25, 0.3) is 0 Å². The lowest BCUT2D eigenvalue weighted by Crippen LogP contribution is -2.49. The number of hydrogen-bond donors (Lipinski definition) is 1.